The first-order chi connectivity index (χ1) is 5.95. The summed E-state index contributed by atoms with van der Waals surface area (Å²) >= 11 is 0. The van der Waals surface area contributed by atoms with Gasteiger partial charge in [0.2, 0.25) is 0 Å². The lowest BCUT2D eigenvalue weighted by atomic mass is 10.4. The summed E-state index contributed by atoms with van der Waals surface area (Å²) in [6, 6.07) is 0.770. The number of carbonyl (C=O) groups excluding carboxylic acids is 1. The van der Waals surface area contributed by atoms with Gasteiger partial charge in [-0.1, -0.05) is 0 Å². The molecule has 0 fully saturated rings. The van der Waals surface area contributed by atoms with E-state index in [9.17, 15) is 17.6 Å². The number of hydrogen-bond acceptors (Lipinski definition) is 4. The van der Waals surface area contributed by atoms with Gasteiger partial charge in [-0.05, 0) is 6.07 Å². The lowest BCUT2D eigenvalue weighted by Crippen LogP contribution is -2.04. The van der Waals surface area contributed by atoms with Crippen LogP contribution in [0.3, 0.4) is 0 Å². The van der Waals surface area contributed by atoms with E-state index in [2.05, 4.69) is 4.98 Å². The van der Waals surface area contributed by atoms with Crippen LogP contribution >= 0.6 is 0 Å². The maximum Gasteiger partial charge on any atom is 0.177 e. The summed E-state index contributed by atoms with van der Waals surface area (Å²) in [5.74, 6) is -0.786. The van der Waals surface area contributed by atoms with Gasteiger partial charge in [-0.2, -0.15) is 0 Å². The van der Waals surface area contributed by atoms with Gasteiger partial charge in [0.05, 0.1) is 11.1 Å². The summed E-state index contributed by atoms with van der Waals surface area (Å²) in [4.78, 5) is 13.3. The number of nitrogens with zero attached hydrogens (tertiary/aromatic N) is 1. The normalized spacial score (nSPS) is 11.2. The van der Waals surface area contributed by atoms with Gasteiger partial charge in [0, 0.05) is 6.26 Å². The van der Waals surface area contributed by atoms with Crippen molar-refractivity contribution in [1.82, 2.24) is 4.98 Å². The highest BCUT2D eigenvalue weighted by atomic mass is 32.2. The van der Waals surface area contributed by atoms with Crippen LogP contribution in [0.5, 0.6) is 0 Å². The van der Waals surface area contributed by atoms with Crippen molar-refractivity contribution in [3.63, 3.8) is 0 Å². The maximum absolute atomic E-state index is 12.6. The Kier molecular flexibility index (Phi) is 2.42. The molecule has 6 heteroatoms. The summed E-state index contributed by atoms with van der Waals surface area (Å²) in [5, 5.41) is 0. The largest absolute Gasteiger partial charge is 0.296 e. The summed E-state index contributed by atoms with van der Waals surface area (Å²) in [6.45, 7) is 0. The summed E-state index contributed by atoms with van der Waals surface area (Å²) < 4.78 is 34.6. The highest BCUT2D eigenvalue weighted by Crippen LogP contribution is 2.12. The Morgan fingerprint density at radius 2 is 2.15 bits per heavy atom. The number of hydrogen-bond donors (Lipinski definition) is 0. The van der Waals surface area contributed by atoms with E-state index in [1.165, 1.54) is 0 Å². The third-order valence-electron chi connectivity index (χ3n) is 1.36. The molecule has 0 radical (unpaired) electrons. The van der Waals surface area contributed by atoms with Gasteiger partial charge in [-0.15, -0.1) is 0 Å². The zero-order chi connectivity index (χ0) is 10.1. The number of rotatable bonds is 2. The monoisotopic (exact) mass is 203 g/mol. The van der Waals surface area contributed by atoms with Crippen molar-refractivity contribution in [3.05, 3.63) is 23.8 Å². The van der Waals surface area contributed by atoms with E-state index in [0.29, 0.717) is 0 Å². The van der Waals surface area contributed by atoms with Crippen LogP contribution in [-0.2, 0) is 9.84 Å². The topological polar surface area (TPSA) is 64.1 Å². The van der Waals surface area contributed by atoms with Crippen molar-refractivity contribution in [1.29, 1.82) is 0 Å². The molecule has 0 aliphatic rings. The molecule has 0 unspecified atom stereocenters. The summed E-state index contributed by atoms with van der Waals surface area (Å²) in [5.41, 5.74) is -0.274. The molecule has 0 aliphatic heterocycles. The molecule has 1 heterocycles. The van der Waals surface area contributed by atoms with Crippen LogP contribution in [0.15, 0.2) is 17.2 Å². The second-order valence-corrected chi connectivity index (χ2v) is 4.41. The molecule has 0 aliphatic carbocycles. The first kappa shape index (κ1) is 9.79. The number of aldehydes is 1. The molecule has 0 aromatic carbocycles. The second-order valence-electron chi connectivity index (χ2n) is 2.43. The zero-order valence-electron chi connectivity index (χ0n) is 6.69. The van der Waals surface area contributed by atoms with Crippen LogP contribution < -0.4 is 0 Å². The average Bonchev–Trinajstić information content (AvgIpc) is 2.03. The second kappa shape index (κ2) is 3.21. The standard InChI is InChI=1S/C7H6FNO3S/c1-13(11,12)7-2-5(8)3-9-6(7)4-10/h2-4H,1H3. The minimum atomic E-state index is -3.60. The van der Waals surface area contributed by atoms with Gasteiger partial charge in [0.1, 0.15) is 11.5 Å². The van der Waals surface area contributed by atoms with Crippen molar-refractivity contribution in [2.24, 2.45) is 0 Å². The number of pyridine rings is 1. The van der Waals surface area contributed by atoms with Crippen LogP contribution in [0.1, 0.15) is 10.5 Å². The Hall–Kier alpha value is -1.30. The van der Waals surface area contributed by atoms with Crippen LogP contribution in [0.4, 0.5) is 4.39 Å². The van der Waals surface area contributed by atoms with Gasteiger partial charge in [-0.3, -0.25) is 4.79 Å². The van der Waals surface area contributed by atoms with Gasteiger partial charge < -0.3 is 0 Å². The lowest BCUT2D eigenvalue weighted by Gasteiger charge is -2.00. The van der Waals surface area contributed by atoms with Crippen molar-refractivity contribution in [2.45, 2.75) is 4.90 Å². The Bertz CT molecular complexity index is 441. The SMILES string of the molecule is CS(=O)(=O)c1cc(F)cnc1C=O. The predicted molar refractivity (Wildman–Crippen MR) is 42.7 cm³/mol. The van der Waals surface area contributed by atoms with Crippen LogP contribution in [0.25, 0.3) is 0 Å². The van der Waals surface area contributed by atoms with E-state index in [4.69, 9.17) is 0 Å². The molecule has 0 saturated carbocycles. The van der Waals surface area contributed by atoms with E-state index in [1.807, 2.05) is 0 Å². The van der Waals surface area contributed by atoms with Crippen molar-refractivity contribution in [2.75, 3.05) is 6.26 Å². The third kappa shape index (κ3) is 2.09. The van der Waals surface area contributed by atoms with Gasteiger partial charge in [-0.25, -0.2) is 17.8 Å². The van der Waals surface area contributed by atoms with E-state index >= 15 is 0 Å². The zero-order valence-corrected chi connectivity index (χ0v) is 7.51. The van der Waals surface area contributed by atoms with E-state index < -0.39 is 15.7 Å². The lowest BCUT2D eigenvalue weighted by molar-refractivity contribution is 0.111. The third-order valence-corrected chi connectivity index (χ3v) is 2.49. The molecule has 4 nitrogen and oxygen atoms in total. The molecular weight excluding hydrogens is 197 g/mol. The summed E-state index contributed by atoms with van der Waals surface area (Å²) in [7, 11) is -3.60. The predicted octanol–water partition coefficient (Wildman–Crippen LogP) is 0.437. The molecule has 70 valence electrons. The Balaban J connectivity index is 3.50. The van der Waals surface area contributed by atoms with Crippen LogP contribution in [-0.4, -0.2) is 25.9 Å². The molecule has 0 saturated heterocycles. The molecule has 0 atom stereocenters. The Labute approximate surface area is 74.3 Å². The van der Waals surface area contributed by atoms with Gasteiger partial charge >= 0.3 is 0 Å². The number of carbonyl (C=O) groups is 1. The molecule has 1 aromatic rings. The molecule has 13 heavy (non-hydrogen) atoms. The molecule has 0 spiro atoms. The first-order valence-electron chi connectivity index (χ1n) is 3.26. The van der Waals surface area contributed by atoms with Crippen molar-refractivity contribution < 1.29 is 17.6 Å². The van der Waals surface area contributed by atoms with Gasteiger partial charge in [0.15, 0.2) is 16.1 Å². The molecule has 0 amide bonds. The van der Waals surface area contributed by atoms with Crippen molar-refractivity contribution >= 4 is 16.1 Å². The molecule has 1 aromatic heterocycles. The summed E-state index contributed by atoms with van der Waals surface area (Å²) in [6.07, 6.45) is 1.95. The van der Waals surface area contributed by atoms with E-state index in [1.54, 1.807) is 0 Å². The fourth-order valence-electron chi connectivity index (χ4n) is 0.817. The minimum Gasteiger partial charge on any atom is -0.296 e. The Morgan fingerprint density at radius 3 is 2.62 bits per heavy atom. The highest BCUT2D eigenvalue weighted by Gasteiger charge is 2.14. The number of halogens is 1. The van der Waals surface area contributed by atoms with Crippen molar-refractivity contribution in [3.8, 4) is 0 Å². The number of sulfone groups is 1. The fourth-order valence-corrected chi connectivity index (χ4v) is 1.62. The van der Waals surface area contributed by atoms with E-state index in [-0.39, 0.29) is 16.9 Å². The van der Waals surface area contributed by atoms with E-state index in [0.717, 1.165) is 18.5 Å². The molecule has 0 N–H and O–H groups in total. The smallest absolute Gasteiger partial charge is 0.177 e. The first-order valence-corrected chi connectivity index (χ1v) is 5.15. The number of aromatic nitrogens is 1. The molecule has 1 rings (SSSR count). The average molecular weight is 203 g/mol. The molecule has 0 bridgehead atoms. The van der Waals surface area contributed by atoms with Crippen LogP contribution in [0.2, 0.25) is 0 Å². The van der Waals surface area contributed by atoms with Gasteiger partial charge in [0.25, 0.3) is 0 Å². The maximum atomic E-state index is 12.6. The highest BCUT2D eigenvalue weighted by molar-refractivity contribution is 7.90. The minimum absolute atomic E-state index is 0.274. The quantitative estimate of drug-likeness (QED) is 0.654. The Morgan fingerprint density at radius 1 is 1.54 bits per heavy atom. The van der Waals surface area contributed by atoms with Crippen LogP contribution in [0, 0.1) is 5.82 Å². The molecular formula is C7H6FNO3S. The fraction of sp³-hybridized carbons (Fsp3) is 0.143.